The summed E-state index contributed by atoms with van der Waals surface area (Å²) in [4.78, 5) is 14.0. The molecule has 0 bridgehead atoms. The Morgan fingerprint density at radius 2 is 1.68 bits per heavy atom. The standard InChI is InChI=1S/C19H22N2O3S/c22-19(21-12-10-17-8-4-5-9-18(17)15-21)14-20-25(23,24)13-11-16-6-2-1-3-7-16/h1-9,20H,10-15H2. The van der Waals surface area contributed by atoms with Crippen LogP contribution in [0.2, 0.25) is 0 Å². The number of carbonyl (C=O) groups is 1. The number of nitrogens with zero attached hydrogens (tertiary/aromatic N) is 1. The molecule has 0 radical (unpaired) electrons. The molecule has 2 aromatic carbocycles. The molecule has 0 atom stereocenters. The molecule has 132 valence electrons. The lowest BCUT2D eigenvalue weighted by Gasteiger charge is -2.29. The quantitative estimate of drug-likeness (QED) is 0.855. The van der Waals surface area contributed by atoms with Crippen LogP contribution in [-0.2, 0) is 34.2 Å². The monoisotopic (exact) mass is 358 g/mol. The van der Waals surface area contributed by atoms with Crippen molar-refractivity contribution < 1.29 is 13.2 Å². The van der Waals surface area contributed by atoms with E-state index in [1.165, 1.54) is 5.56 Å². The van der Waals surface area contributed by atoms with Crippen molar-refractivity contribution in [2.75, 3.05) is 18.8 Å². The van der Waals surface area contributed by atoms with Crippen LogP contribution in [0.1, 0.15) is 16.7 Å². The summed E-state index contributed by atoms with van der Waals surface area (Å²) < 4.78 is 26.6. The predicted octanol–water partition coefficient (Wildman–Crippen LogP) is 1.73. The van der Waals surface area contributed by atoms with Gasteiger partial charge >= 0.3 is 0 Å². The van der Waals surface area contributed by atoms with Gasteiger partial charge in [0.05, 0.1) is 12.3 Å². The third kappa shape index (κ3) is 4.90. The summed E-state index contributed by atoms with van der Waals surface area (Å²) in [5.74, 6) is -0.203. The molecule has 0 unspecified atom stereocenters. The Morgan fingerprint density at radius 3 is 2.44 bits per heavy atom. The Bertz CT molecular complexity index is 835. The third-order valence-electron chi connectivity index (χ3n) is 4.43. The molecule has 1 amide bonds. The van der Waals surface area contributed by atoms with Gasteiger partial charge in [0, 0.05) is 13.1 Å². The van der Waals surface area contributed by atoms with E-state index in [1.807, 2.05) is 48.5 Å². The highest BCUT2D eigenvalue weighted by molar-refractivity contribution is 7.89. The number of carbonyl (C=O) groups excluding carboxylic acids is 1. The fraction of sp³-hybridized carbons (Fsp3) is 0.316. The molecule has 6 heteroatoms. The summed E-state index contributed by atoms with van der Waals surface area (Å²) in [6, 6.07) is 17.5. The van der Waals surface area contributed by atoms with Crippen LogP contribution in [0.15, 0.2) is 54.6 Å². The highest BCUT2D eigenvalue weighted by atomic mass is 32.2. The maximum Gasteiger partial charge on any atom is 0.237 e. The van der Waals surface area contributed by atoms with Crippen molar-refractivity contribution in [3.63, 3.8) is 0 Å². The molecule has 0 aromatic heterocycles. The van der Waals surface area contributed by atoms with Crippen LogP contribution in [0.3, 0.4) is 0 Å². The van der Waals surface area contributed by atoms with Gasteiger partial charge in [-0.2, -0.15) is 0 Å². The molecule has 0 saturated carbocycles. The second-order valence-corrected chi connectivity index (χ2v) is 8.14. The van der Waals surface area contributed by atoms with Crippen molar-refractivity contribution >= 4 is 15.9 Å². The number of aryl methyl sites for hydroxylation is 1. The van der Waals surface area contributed by atoms with Crippen molar-refractivity contribution in [1.29, 1.82) is 0 Å². The first-order chi connectivity index (χ1) is 12.0. The molecule has 5 nitrogen and oxygen atoms in total. The summed E-state index contributed by atoms with van der Waals surface area (Å²) >= 11 is 0. The molecule has 1 N–H and O–H groups in total. The van der Waals surface area contributed by atoms with Crippen LogP contribution in [0.25, 0.3) is 0 Å². The van der Waals surface area contributed by atoms with E-state index in [9.17, 15) is 13.2 Å². The zero-order valence-electron chi connectivity index (χ0n) is 14.0. The average molecular weight is 358 g/mol. The zero-order chi connectivity index (χ0) is 17.7. The van der Waals surface area contributed by atoms with Crippen LogP contribution < -0.4 is 4.72 Å². The van der Waals surface area contributed by atoms with Crippen molar-refractivity contribution in [1.82, 2.24) is 9.62 Å². The summed E-state index contributed by atoms with van der Waals surface area (Å²) in [6.07, 6.45) is 1.24. The van der Waals surface area contributed by atoms with Crippen LogP contribution in [0, 0.1) is 0 Å². The number of nitrogens with one attached hydrogen (secondary N) is 1. The number of hydrogen-bond acceptors (Lipinski definition) is 3. The minimum atomic E-state index is -3.47. The summed E-state index contributed by atoms with van der Waals surface area (Å²) in [5.41, 5.74) is 3.36. The van der Waals surface area contributed by atoms with Gasteiger partial charge in [-0.3, -0.25) is 4.79 Å². The van der Waals surface area contributed by atoms with Gasteiger partial charge in [0.2, 0.25) is 15.9 Å². The molecule has 0 saturated heterocycles. The Balaban J connectivity index is 1.50. The molecular weight excluding hydrogens is 336 g/mol. The Labute approximate surface area is 148 Å². The summed E-state index contributed by atoms with van der Waals surface area (Å²) in [6.45, 7) is 0.988. The number of sulfonamides is 1. The molecular formula is C19H22N2O3S. The molecule has 1 aliphatic rings. The van der Waals surface area contributed by atoms with E-state index >= 15 is 0 Å². The highest BCUT2D eigenvalue weighted by Crippen LogP contribution is 2.18. The maximum atomic E-state index is 12.3. The van der Waals surface area contributed by atoms with E-state index in [1.54, 1.807) is 4.90 Å². The molecule has 25 heavy (non-hydrogen) atoms. The van der Waals surface area contributed by atoms with Gasteiger partial charge in [-0.25, -0.2) is 13.1 Å². The lowest BCUT2D eigenvalue weighted by molar-refractivity contribution is -0.130. The van der Waals surface area contributed by atoms with Crippen molar-refractivity contribution in [3.8, 4) is 0 Å². The van der Waals surface area contributed by atoms with Gasteiger partial charge in [0.15, 0.2) is 0 Å². The molecule has 0 fully saturated rings. The normalized spacial score (nSPS) is 14.2. The van der Waals surface area contributed by atoms with Crippen molar-refractivity contribution in [2.45, 2.75) is 19.4 Å². The third-order valence-corrected chi connectivity index (χ3v) is 5.75. The average Bonchev–Trinajstić information content (AvgIpc) is 2.65. The molecule has 0 aliphatic carbocycles. The molecule has 3 rings (SSSR count). The van der Waals surface area contributed by atoms with Gasteiger partial charge in [-0.05, 0) is 29.5 Å². The Kier molecular flexibility index (Phi) is 5.50. The first-order valence-electron chi connectivity index (χ1n) is 8.39. The fourth-order valence-electron chi connectivity index (χ4n) is 2.96. The molecule has 1 heterocycles. The number of benzene rings is 2. The predicted molar refractivity (Wildman–Crippen MR) is 97.5 cm³/mol. The molecule has 1 aliphatic heterocycles. The van der Waals surface area contributed by atoms with E-state index in [4.69, 9.17) is 0 Å². The van der Waals surface area contributed by atoms with Gasteiger partial charge < -0.3 is 4.90 Å². The second kappa shape index (κ2) is 7.80. The van der Waals surface area contributed by atoms with Crippen LogP contribution in [0.5, 0.6) is 0 Å². The van der Waals surface area contributed by atoms with Crippen LogP contribution in [-0.4, -0.2) is 38.1 Å². The second-order valence-electron chi connectivity index (χ2n) is 6.21. The molecule has 2 aromatic rings. The largest absolute Gasteiger partial charge is 0.337 e. The summed E-state index contributed by atoms with van der Waals surface area (Å²) in [5, 5.41) is 0. The van der Waals surface area contributed by atoms with E-state index in [2.05, 4.69) is 10.8 Å². The lowest BCUT2D eigenvalue weighted by Crippen LogP contribution is -2.43. The van der Waals surface area contributed by atoms with Gasteiger partial charge in [0.1, 0.15) is 0 Å². The van der Waals surface area contributed by atoms with Crippen molar-refractivity contribution in [3.05, 3.63) is 71.3 Å². The van der Waals surface area contributed by atoms with Gasteiger partial charge in [0.25, 0.3) is 0 Å². The van der Waals surface area contributed by atoms with E-state index in [0.29, 0.717) is 19.5 Å². The Hall–Kier alpha value is -2.18. The van der Waals surface area contributed by atoms with Gasteiger partial charge in [-0.15, -0.1) is 0 Å². The van der Waals surface area contributed by atoms with Crippen molar-refractivity contribution in [2.24, 2.45) is 0 Å². The van der Waals surface area contributed by atoms with E-state index in [-0.39, 0.29) is 18.2 Å². The minimum Gasteiger partial charge on any atom is -0.337 e. The summed E-state index contributed by atoms with van der Waals surface area (Å²) in [7, 11) is -3.47. The Morgan fingerprint density at radius 1 is 1.00 bits per heavy atom. The van der Waals surface area contributed by atoms with Crippen LogP contribution in [0.4, 0.5) is 0 Å². The lowest BCUT2D eigenvalue weighted by atomic mass is 10.00. The first-order valence-corrected chi connectivity index (χ1v) is 10.0. The topological polar surface area (TPSA) is 66.5 Å². The number of amides is 1. The van der Waals surface area contributed by atoms with E-state index in [0.717, 1.165) is 17.5 Å². The fourth-order valence-corrected chi connectivity index (χ4v) is 3.95. The highest BCUT2D eigenvalue weighted by Gasteiger charge is 2.21. The zero-order valence-corrected chi connectivity index (χ0v) is 14.8. The molecule has 0 spiro atoms. The number of fused-ring (bicyclic) bond motifs is 1. The van der Waals surface area contributed by atoms with Gasteiger partial charge in [-0.1, -0.05) is 54.6 Å². The van der Waals surface area contributed by atoms with E-state index < -0.39 is 10.0 Å². The minimum absolute atomic E-state index is 0.0207. The smallest absolute Gasteiger partial charge is 0.237 e. The number of rotatable bonds is 6. The first kappa shape index (κ1) is 17.6. The maximum absolute atomic E-state index is 12.3. The van der Waals surface area contributed by atoms with Crippen LogP contribution >= 0.6 is 0 Å². The SMILES string of the molecule is O=C(CNS(=O)(=O)CCc1ccccc1)N1CCc2ccccc2C1. The number of hydrogen-bond donors (Lipinski definition) is 1.